The molecule has 1 heterocycles. The van der Waals surface area contributed by atoms with Crippen molar-refractivity contribution in [3.63, 3.8) is 0 Å². The van der Waals surface area contributed by atoms with Crippen LogP contribution in [0, 0.1) is 5.92 Å². The van der Waals surface area contributed by atoms with Crippen LogP contribution in [0.2, 0.25) is 0 Å². The van der Waals surface area contributed by atoms with Crippen molar-refractivity contribution in [1.82, 2.24) is 9.88 Å². The van der Waals surface area contributed by atoms with E-state index in [9.17, 15) is 0 Å². The molecule has 0 saturated heterocycles. The highest BCUT2D eigenvalue weighted by molar-refractivity contribution is 5.12. The molecule has 2 heteroatoms. The highest BCUT2D eigenvalue weighted by atomic mass is 15.1. The summed E-state index contributed by atoms with van der Waals surface area (Å²) in [6.07, 6.45) is 12.3. The second-order valence-corrected chi connectivity index (χ2v) is 5.05. The molecule has 1 aliphatic rings. The van der Waals surface area contributed by atoms with Crippen LogP contribution < -0.4 is 0 Å². The summed E-state index contributed by atoms with van der Waals surface area (Å²) in [5, 5.41) is 0. The van der Waals surface area contributed by atoms with Crippen molar-refractivity contribution in [2.75, 3.05) is 13.6 Å². The third-order valence-corrected chi connectivity index (χ3v) is 3.75. The number of hydrogen-bond acceptors (Lipinski definition) is 2. The average Bonchev–Trinajstić information content (AvgIpc) is 2.40. The minimum atomic E-state index is 0.453. The first-order valence-corrected chi connectivity index (χ1v) is 6.52. The summed E-state index contributed by atoms with van der Waals surface area (Å²) in [5.74, 6) is 0.823. The van der Waals surface area contributed by atoms with Gasteiger partial charge in [-0.05, 0) is 50.8 Å². The Hall–Kier alpha value is -1.15. The number of pyridine rings is 1. The molecule has 1 aromatic rings. The Balaban J connectivity index is 1.91. The van der Waals surface area contributed by atoms with Gasteiger partial charge in [-0.1, -0.05) is 18.2 Å². The van der Waals surface area contributed by atoms with Gasteiger partial charge in [0.15, 0.2) is 0 Å². The predicted molar refractivity (Wildman–Crippen MR) is 71.8 cm³/mol. The Labute approximate surface area is 104 Å². The van der Waals surface area contributed by atoms with Gasteiger partial charge in [-0.15, -0.1) is 0 Å². The molecule has 0 spiro atoms. The van der Waals surface area contributed by atoms with Gasteiger partial charge >= 0.3 is 0 Å². The van der Waals surface area contributed by atoms with E-state index in [1.54, 1.807) is 0 Å². The Morgan fingerprint density at radius 2 is 2.35 bits per heavy atom. The van der Waals surface area contributed by atoms with Gasteiger partial charge in [-0.3, -0.25) is 9.88 Å². The van der Waals surface area contributed by atoms with Gasteiger partial charge in [0.05, 0.1) is 0 Å². The van der Waals surface area contributed by atoms with Crippen molar-refractivity contribution in [3.05, 3.63) is 42.2 Å². The van der Waals surface area contributed by atoms with Crippen LogP contribution in [0.4, 0.5) is 0 Å². The third-order valence-electron chi connectivity index (χ3n) is 3.75. The molecule has 0 saturated carbocycles. The molecule has 0 N–H and O–H groups in total. The summed E-state index contributed by atoms with van der Waals surface area (Å²) in [6, 6.07) is 4.63. The fourth-order valence-electron chi connectivity index (χ4n) is 2.47. The zero-order valence-electron chi connectivity index (χ0n) is 10.8. The van der Waals surface area contributed by atoms with E-state index in [0.717, 1.165) is 5.92 Å². The maximum Gasteiger partial charge on any atom is 0.0332 e. The Kier molecular flexibility index (Phi) is 4.32. The van der Waals surface area contributed by atoms with E-state index in [2.05, 4.69) is 42.1 Å². The van der Waals surface area contributed by atoms with Crippen LogP contribution in [0.25, 0.3) is 0 Å². The lowest BCUT2D eigenvalue weighted by atomic mass is 9.93. The first-order valence-electron chi connectivity index (χ1n) is 6.52. The molecule has 0 aliphatic heterocycles. The molecule has 0 unspecified atom stereocenters. The molecule has 1 aliphatic carbocycles. The largest absolute Gasteiger partial charge is 0.299 e. The Bertz CT molecular complexity index is 358. The minimum Gasteiger partial charge on any atom is -0.299 e. The molecule has 0 fully saturated rings. The lowest BCUT2D eigenvalue weighted by Crippen LogP contribution is -2.29. The zero-order chi connectivity index (χ0) is 12.1. The van der Waals surface area contributed by atoms with Crippen molar-refractivity contribution < 1.29 is 0 Å². The monoisotopic (exact) mass is 230 g/mol. The Morgan fingerprint density at radius 1 is 1.47 bits per heavy atom. The van der Waals surface area contributed by atoms with Crippen molar-refractivity contribution in [2.45, 2.75) is 32.2 Å². The standard InChI is InChI=1S/C15H22N2/c1-13(15-9-6-10-16-11-15)17(2)12-14-7-4-3-5-8-14/h3-4,6,9-11,13-14H,5,7-8,12H2,1-2H3/t13-,14-/m1/s1. The molecular formula is C15H22N2. The number of hydrogen-bond donors (Lipinski definition) is 0. The summed E-state index contributed by atoms with van der Waals surface area (Å²) in [6.45, 7) is 3.44. The SMILES string of the molecule is C[C@H](c1cccnc1)N(C)C[C@@H]1CC=CCC1. The maximum atomic E-state index is 4.20. The smallest absolute Gasteiger partial charge is 0.0332 e. The van der Waals surface area contributed by atoms with Crippen LogP contribution in [0.15, 0.2) is 36.7 Å². The molecule has 0 radical (unpaired) electrons. The summed E-state index contributed by atoms with van der Waals surface area (Å²) in [7, 11) is 2.22. The fraction of sp³-hybridized carbons (Fsp3) is 0.533. The topological polar surface area (TPSA) is 16.1 Å². The van der Waals surface area contributed by atoms with Crippen molar-refractivity contribution in [3.8, 4) is 0 Å². The number of aromatic nitrogens is 1. The molecule has 1 aromatic heterocycles. The van der Waals surface area contributed by atoms with Gasteiger partial charge in [0, 0.05) is 25.0 Å². The average molecular weight is 230 g/mol. The van der Waals surface area contributed by atoms with Crippen molar-refractivity contribution in [1.29, 1.82) is 0 Å². The highest BCUT2D eigenvalue weighted by Gasteiger charge is 2.17. The number of nitrogens with zero attached hydrogens (tertiary/aromatic N) is 2. The second kappa shape index (κ2) is 5.97. The predicted octanol–water partition coefficient (Wildman–Crippen LogP) is 3.43. The maximum absolute atomic E-state index is 4.20. The molecule has 2 atom stereocenters. The van der Waals surface area contributed by atoms with Crippen molar-refractivity contribution >= 4 is 0 Å². The second-order valence-electron chi connectivity index (χ2n) is 5.05. The normalized spacial score (nSPS) is 21.7. The molecule has 92 valence electrons. The van der Waals surface area contributed by atoms with Crippen molar-refractivity contribution in [2.24, 2.45) is 5.92 Å². The molecular weight excluding hydrogens is 208 g/mol. The minimum absolute atomic E-state index is 0.453. The van der Waals surface area contributed by atoms with Crippen LogP contribution in [0.5, 0.6) is 0 Å². The van der Waals surface area contributed by atoms with E-state index in [1.165, 1.54) is 31.4 Å². The fourth-order valence-corrected chi connectivity index (χ4v) is 2.47. The van der Waals surface area contributed by atoms with Gasteiger partial charge in [0.25, 0.3) is 0 Å². The Morgan fingerprint density at radius 3 is 3.00 bits per heavy atom. The van der Waals surface area contributed by atoms with Crippen LogP contribution in [-0.4, -0.2) is 23.5 Å². The molecule has 17 heavy (non-hydrogen) atoms. The van der Waals surface area contributed by atoms with E-state index in [0.29, 0.717) is 6.04 Å². The quantitative estimate of drug-likeness (QED) is 0.737. The van der Waals surface area contributed by atoms with Gasteiger partial charge in [0.2, 0.25) is 0 Å². The molecule has 2 rings (SSSR count). The molecule has 0 bridgehead atoms. The lowest BCUT2D eigenvalue weighted by molar-refractivity contribution is 0.212. The zero-order valence-corrected chi connectivity index (χ0v) is 10.8. The first-order chi connectivity index (χ1) is 8.27. The van der Waals surface area contributed by atoms with E-state index in [1.807, 2.05) is 18.5 Å². The van der Waals surface area contributed by atoms with Crippen LogP contribution in [-0.2, 0) is 0 Å². The van der Waals surface area contributed by atoms with E-state index in [4.69, 9.17) is 0 Å². The third kappa shape index (κ3) is 3.40. The summed E-state index contributed by atoms with van der Waals surface area (Å²) >= 11 is 0. The van der Waals surface area contributed by atoms with Gasteiger partial charge in [-0.25, -0.2) is 0 Å². The van der Waals surface area contributed by atoms with Crippen LogP contribution >= 0.6 is 0 Å². The number of allylic oxidation sites excluding steroid dienone is 2. The first kappa shape index (κ1) is 12.3. The summed E-state index contributed by atoms with van der Waals surface area (Å²) in [4.78, 5) is 6.64. The molecule has 0 aromatic carbocycles. The molecule has 0 amide bonds. The van der Waals surface area contributed by atoms with E-state index in [-0.39, 0.29) is 0 Å². The van der Waals surface area contributed by atoms with Gasteiger partial charge in [-0.2, -0.15) is 0 Å². The molecule has 2 nitrogen and oxygen atoms in total. The number of rotatable bonds is 4. The lowest BCUT2D eigenvalue weighted by Gasteiger charge is -2.29. The summed E-state index contributed by atoms with van der Waals surface area (Å²) < 4.78 is 0. The highest BCUT2D eigenvalue weighted by Crippen LogP contribution is 2.23. The van der Waals surface area contributed by atoms with Gasteiger partial charge < -0.3 is 0 Å². The van der Waals surface area contributed by atoms with Crippen LogP contribution in [0.1, 0.15) is 37.8 Å². The van der Waals surface area contributed by atoms with E-state index < -0.39 is 0 Å². The van der Waals surface area contributed by atoms with E-state index >= 15 is 0 Å². The van der Waals surface area contributed by atoms with Crippen LogP contribution in [0.3, 0.4) is 0 Å². The van der Waals surface area contributed by atoms with Gasteiger partial charge in [0.1, 0.15) is 0 Å². The summed E-state index contributed by atoms with van der Waals surface area (Å²) in [5.41, 5.74) is 1.31.